The highest BCUT2D eigenvalue weighted by Crippen LogP contribution is 2.36. The predicted octanol–water partition coefficient (Wildman–Crippen LogP) is 4.07. The molecule has 2 aromatic carbocycles. The molecular weight excluding hydrogens is 461 g/mol. The van der Waals surface area contributed by atoms with Crippen LogP contribution >= 0.6 is 0 Å². The zero-order valence-electron chi connectivity index (χ0n) is 17.8. The number of ether oxygens (including phenoxy) is 2. The quantitative estimate of drug-likeness (QED) is 0.566. The van der Waals surface area contributed by atoms with Crippen LogP contribution in [0, 0.1) is 0 Å². The Bertz CT molecular complexity index is 1290. The van der Waals surface area contributed by atoms with Crippen molar-refractivity contribution in [1.82, 2.24) is 9.97 Å². The van der Waals surface area contributed by atoms with E-state index in [1.165, 1.54) is 20.3 Å². The summed E-state index contributed by atoms with van der Waals surface area (Å²) in [6, 6.07) is 6.63. The number of methoxy groups -OCH3 is 2. The molecule has 4 rings (SSSR count). The van der Waals surface area contributed by atoms with E-state index in [1.807, 2.05) is 4.90 Å². The molecule has 0 spiro atoms. The average molecular weight is 482 g/mol. The second-order valence-corrected chi connectivity index (χ2v) is 9.10. The average Bonchev–Trinajstić information content (AvgIpc) is 3.32. The number of hydrogen-bond acceptors (Lipinski definition) is 7. The second-order valence-electron chi connectivity index (χ2n) is 7.42. The Morgan fingerprint density at radius 2 is 1.67 bits per heavy atom. The van der Waals surface area contributed by atoms with Crippen LogP contribution in [0.4, 0.5) is 24.9 Å². The number of aromatic nitrogens is 2. The van der Waals surface area contributed by atoms with Gasteiger partial charge in [0, 0.05) is 24.5 Å². The maximum atomic E-state index is 13.1. The molecule has 1 aliphatic heterocycles. The van der Waals surface area contributed by atoms with Gasteiger partial charge in [-0.05, 0) is 37.1 Å². The van der Waals surface area contributed by atoms with E-state index in [0.29, 0.717) is 47.5 Å². The first-order valence-corrected chi connectivity index (χ1v) is 11.5. The molecule has 1 fully saturated rings. The van der Waals surface area contributed by atoms with E-state index in [2.05, 4.69) is 14.7 Å². The summed E-state index contributed by atoms with van der Waals surface area (Å²) >= 11 is 0. The van der Waals surface area contributed by atoms with Crippen molar-refractivity contribution in [1.29, 1.82) is 0 Å². The number of fused-ring (bicyclic) bond motifs is 1. The Labute approximate surface area is 188 Å². The monoisotopic (exact) mass is 482 g/mol. The van der Waals surface area contributed by atoms with Gasteiger partial charge in [-0.3, -0.25) is 4.72 Å². The van der Waals surface area contributed by atoms with Crippen LogP contribution in [-0.4, -0.2) is 45.7 Å². The summed E-state index contributed by atoms with van der Waals surface area (Å²) < 4.78 is 78.3. The van der Waals surface area contributed by atoms with E-state index >= 15 is 0 Å². The van der Waals surface area contributed by atoms with Crippen molar-refractivity contribution in [3.05, 3.63) is 42.0 Å². The maximum Gasteiger partial charge on any atom is 0.416 e. The molecule has 33 heavy (non-hydrogen) atoms. The lowest BCUT2D eigenvalue weighted by Gasteiger charge is -2.19. The minimum atomic E-state index is -4.68. The van der Waals surface area contributed by atoms with Crippen LogP contribution in [0.15, 0.2) is 41.3 Å². The van der Waals surface area contributed by atoms with Gasteiger partial charge in [-0.25, -0.2) is 13.4 Å². The van der Waals surface area contributed by atoms with Gasteiger partial charge in [0.1, 0.15) is 0 Å². The lowest BCUT2D eigenvalue weighted by molar-refractivity contribution is -0.137. The molecule has 1 saturated heterocycles. The number of halogens is 3. The topological polar surface area (TPSA) is 93.6 Å². The molecular formula is C21H21F3N4O4S. The van der Waals surface area contributed by atoms with E-state index < -0.39 is 26.7 Å². The first kappa shape index (κ1) is 22.9. The highest BCUT2D eigenvalue weighted by molar-refractivity contribution is 7.92. The molecule has 1 aliphatic rings. The highest BCUT2D eigenvalue weighted by atomic mass is 32.2. The van der Waals surface area contributed by atoms with Gasteiger partial charge in [-0.15, -0.1) is 0 Å². The number of benzene rings is 2. The zero-order valence-corrected chi connectivity index (χ0v) is 18.6. The van der Waals surface area contributed by atoms with E-state index in [1.54, 1.807) is 6.07 Å². The summed E-state index contributed by atoms with van der Waals surface area (Å²) in [5.74, 6) is 0.957. The molecule has 0 atom stereocenters. The number of nitrogens with zero attached hydrogens (tertiary/aromatic N) is 3. The first-order valence-electron chi connectivity index (χ1n) is 10.0. The largest absolute Gasteiger partial charge is 0.493 e. The summed E-state index contributed by atoms with van der Waals surface area (Å²) in [5, 5.41) is 0.311. The number of rotatable bonds is 6. The third kappa shape index (κ3) is 4.61. The van der Waals surface area contributed by atoms with E-state index in [0.717, 1.165) is 31.0 Å². The SMILES string of the molecule is COc1cc2nc(N3CCCC3)nc(NS(=O)(=O)c3cccc(C(F)(F)F)c3)c2cc1OC. The van der Waals surface area contributed by atoms with Gasteiger partial charge in [0.05, 0.1) is 30.2 Å². The van der Waals surface area contributed by atoms with Gasteiger partial charge in [0.2, 0.25) is 5.95 Å². The molecule has 0 bridgehead atoms. The van der Waals surface area contributed by atoms with Crippen LogP contribution < -0.4 is 19.1 Å². The van der Waals surface area contributed by atoms with Gasteiger partial charge < -0.3 is 14.4 Å². The lowest BCUT2D eigenvalue weighted by atomic mass is 10.2. The van der Waals surface area contributed by atoms with Crippen molar-refractivity contribution in [3.8, 4) is 11.5 Å². The second kappa shape index (κ2) is 8.58. The van der Waals surface area contributed by atoms with Crippen molar-refractivity contribution in [2.24, 2.45) is 0 Å². The molecule has 0 unspecified atom stereocenters. The van der Waals surface area contributed by atoms with Crippen LogP contribution in [0.1, 0.15) is 18.4 Å². The summed E-state index contributed by atoms with van der Waals surface area (Å²) in [6.45, 7) is 1.41. The van der Waals surface area contributed by atoms with E-state index in [4.69, 9.17) is 9.47 Å². The van der Waals surface area contributed by atoms with Crippen LogP contribution in [0.3, 0.4) is 0 Å². The number of nitrogens with one attached hydrogen (secondary N) is 1. The Kier molecular flexibility index (Phi) is 5.95. The normalized spacial score (nSPS) is 14.5. The number of hydrogen-bond donors (Lipinski definition) is 1. The highest BCUT2D eigenvalue weighted by Gasteiger charge is 2.32. The molecule has 1 N–H and O–H groups in total. The van der Waals surface area contributed by atoms with Crippen LogP contribution in [0.5, 0.6) is 11.5 Å². The summed E-state index contributed by atoms with van der Waals surface area (Å²) in [6.07, 6.45) is -2.79. The molecule has 176 valence electrons. The van der Waals surface area contributed by atoms with Gasteiger partial charge >= 0.3 is 6.18 Å². The van der Waals surface area contributed by atoms with Gasteiger partial charge in [0.25, 0.3) is 10.0 Å². The maximum absolute atomic E-state index is 13.1. The standard InChI is InChI=1S/C21H21F3N4O4S/c1-31-17-11-15-16(12-18(17)32-2)25-20(28-8-3-4-9-28)26-19(15)27-33(29,30)14-7-5-6-13(10-14)21(22,23)24/h5-7,10-12H,3-4,8-9H2,1-2H3,(H,25,26,27). The molecule has 8 nitrogen and oxygen atoms in total. The van der Waals surface area contributed by atoms with Gasteiger partial charge in [-0.2, -0.15) is 18.2 Å². The minimum Gasteiger partial charge on any atom is -0.493 e. The predicted molar refractivity (Wildman–Crippen MR) is 116 cm³/mol. The molecule has 12 heteroatoms. The van der Waals surface area contributed by atoms with E-state index in [-0.39, 0.29) is 5.82 Å². The van der Waals surface area contributed by atoms with Crippen LogP contribution in [0.25, 0.3) is 10.9 Å². The number of alkyl halides is 3. The van der Waals surface area contributed by atoms with Gasteiger partial charge in [-0.1, -0.05) is 6.07 Å². The van der Waals surface area contributed by atoms with E-state index in [9.17, 15) is 21.6 Å². The molecule has 3 aromatic rings. The van der Waals surface area contributed by atoms with Crippen LogP contribution in [0.2, 0.25) is 0 Å². The number of sulfonamides is 1. The fraction of sp³-hybridized carbons (Fsp3) is 0.333. The van der Waals surface area contributed by atoms with Crippen molar-refractivity contribution in [2.75, 3.05) is 36.9 Å². The zero-order chi connectivity index (χ0) is 23.8. The molecule has 0 amide bonds. The summed E-state index contributed by atoms with van der Waals surface area (Å²) in [5.41, 5.74) is -0.673. The summed E-state index contributed by atoms with van der Waals surface area (Å²) in [7, 11) is -1.51. The molecule has 2 heterocycles. The third-order valence-electron chi connectivity index (χ3n) is 5.28. The number of anilines is 2. The lowest BCUT2D eigenvalue weighted by Crippen LogP contribution is -2.22. The summed E-state index contributed by atoms with van der Waals surface area (Å²) in [4.78, 5) is 10.3. The molecule has 0 radical (unpaired) electrons. The fourth-order valence-corrected chi connectivity index (χ4v) is 4.67. The third-order valence-corrected chi connectivity index (χ3v) is 6.62. The minimum absolute atomic E-state index is 0.0692. The van der Waals surface area contributed by atoms with Crippen molar-refractivity contribution >= 4 is 32.7 Å². The Morgan fingerprint density at radius 3 is 2.30 bits per heavy atom. The molecule has 0 saturated carbocycles. The van der Waals surface area contributed by atoms with Crippen molar-refractivity contribution < 1.29 is 31.1 Å². The fourth-order valence-electron chi connectivity index (χ4n) is 3.61. The smallest absolute Gasteiger partial charge is 0.416 e. The van der Waals surface area contributed by atoms with Crippen LogP contribution in [-0.2, 0) is 16.2 Å². The first-order chi connectivity index (χ1) is 15.6. The van der Waals surface area contributed by atoms with Gasteiger partial charge in [0.15, 0.2) is 17.3 Å². The molecule has 0 aliphatic carbocycles. The Balaban J connectivity index is 1.84. The molecule has 1 aromatic heterocycles. The van der Waals surface area contributed by atoms with Crippen molar-refractivity contribution in [2.45, 2.75) is 23.9 Å². The Morgan fingerprint density at radius 1 is 1.00 bits per heavy atom. The van der Waals surface area contributed by atoms with Crippen molar-refractivity contribution in [3.63, 3.8) is 0 Å². The Hall–Kier alpha value is -3.28.